The molecular formula is C14H20N2O2. The first-order chi connectivity index (χ1) is 8.74. The van der Waals surface area contributed by atoms with Crippen LogP contribution in [0.15, 0.2) is 24.3 Å². The third-order valence-corrected chi connectivity index (χ3v) is 3.45. The van der Waals surface area contributed by atoms with Gasteiger partial charge in [-0.3, -0.25) is 9.69 Å². The van der Waals surface area contributed by atoms with Gasteiger partial charge in [0.2, 0.25) is 0 Å². The Balaban J connectivity index is 2.05. The van der Waals surface area contributed by atoms with Crippen LogP contribution in [0.3, 0.4) is 0 Å². The van der Waals surface area contributed by atoms with E-state index in [0.717, 1.165) is 31.5 Å². The number of nitrogens with zero attached hydrogens (tertiary/aromatic N) is 1. The standard InChI is InChI=1S/C14H20N2O2/c1-18-14(17)13-6-3-7-16(13)10-12-5-2-4-11(8-12)9-15/h2,4-5,8,13H,3,6-7,9-10,15H2,1H3. The van der Waals surface area contributed by atoms with Gasteiger partial charge < -0.3 is 10.5 Å². The van der Waals surface area contributed by atoms with Gasteiger partial charge in [0.25, 0.3) is 0 Å². The molecule has 0 aromatic heterocycles. The Morgan fingerprint density at radius 3 is 3.00 bits per heavy atom. The van der Waals surface area contributed by atoms with Crippen molar-refractivity contribution in [2.24, 2.45) is 5.73 Å². The molecule has 4 heteroatoms. The largest absolute Gasteiger partial charge is 0.468 e. The molecule has 1 aromatic rings. The second kappa shape index (κ2) is 5.98. The quantitative estimate of drug-likeness (QED) is 0.816. The number of hydrogen-bond donors (Lipinski definition) is 1. The van der Waals surface area contributed by atoms with Gasteiger partial charge in [0.15, 0.2) is 0 Å². The molecule has 1 atom stereocenters. The van der Waals surface area contributed by atoms with E-state index in [-0.39, 0.29) is 12.0 Å². The number of hydrogen-bond acceptors (Lipinski definition) is 4. The summed E-state index contributed by atoms with van der Waals surface area (Å²) in [4.78, 5) is 13.8. The number of esters is 1. The van der Waals surface area contributed by atoms with E-state index in [1.165, 1.54) is 12.7 Å². The molecule has 2 N–H and O–H groups in total. The fraction of sp³-hybridized carbons (Fsp3) is 0.500. The lowest BCUT2D eigenvalue weighted by atomic mass is 10.1. The summed E-state index contributed by atoms with van der Waals surface area (Å²) in [5.74, 6) is -0.123. The van der Waals surface area contributed by atoms with Crippen LogP contribution >= 0.6 is 0 Å². The summed E-state index contributed by atoms with van der Waals surface area (Å²) in [5, 5.41) is 0. The molecule has 4 nitrogen and oxygen atoms in total. The number of likely N-dealkylation sites (tertiary alicyclic amines) is 1. The molecule has 1 unspecified atom stereocenters. The molecule has 1 saturated heterocycles. The zero-order chi connectivity index (χ0) is 13.0. The third-order valence-electron chi connectivity index (χ3n) is 3.45. The zero-order valence-electron chi connectivity index (χ0n) is 10.8. The van der Waals surface area contributed by atoms with E-state index in [1.807, 2.05) is 12.1 Å². The smallest absolute Gasteiger partial charge is 0.323 e. The maximum Gasteiger partial charge on any atom is 0.323 e. The average Bonchev–Trinajstić information content (AvgIpc) is 2.86. The number of benzene rings is 1. The highest BCUT2D eigenvalue weighted by atomic mass is 16.5. The lowest BCUT2D eigenvalue weighted by Gasteiger charge is -2.22. The van der Waals surface area contributed by atoms with Crippen LogP contribution in [0.4, 0.5) is 0 Å². The molecule has 1 aliphatic rings. The van der Waals surface area contributed by atoms with Gasteiger partial charge >= 0.3 is 5.97 Å². The first kappa shape index (κ1) is 13.1. The molecule has 0 spiro atoms. The summed E-state index contributed by atoms with van der Waals surface area (Å²) in [7, 11) is 1.45. The Morgan fingerprint density at radius 1 is 1.50 bits per heavy atom. The fourth-order valence-electron chi connectivity index (χ4n) is 2.51. The maximum atomic E-state index is 11.7. The van der Waals surface area contributed by atoms with Gasteiger partial charge in [-0.2, -0.15) is 0 Å². The van der Waals surface area contributed by atoms with Crippen molar-refractivity contribution in [2.45, 2.75) is 32.0 Å². The van der Waals surface area contributed by atoms with E-state index < -0.39 is 0 Å². The number of nitrogens with two attached hydrogens (primary N) is 1. The Bertz CT molecular complexity index is 420. The van der Waals surface area contributed by atoms with Crippen molar-refractivity contribution in [1.29, 1.82) is 0 Å². The molecule has 1 aliphatic heterocycles. The lowest BCUT2D eigenvalue weighted by molar-refractivity contribution is -0.146. The van der Waals surface area contributed by atoms with Crippen molar-refractivity contribution in [3.8, 4) is 0 Å². The molecule has 0 bridgehead atoms. The van der Waals surface area contributed by atoms with Crippen molar-refractivity contribution in [3.05, 3.63) is 35.4 Å². The van der Waals surface area contributed by atoms with Crippen molar-refractivity contribution >= 4 is 5.97 Å². The van der Waals surface area contributed by atoms with E-state index in [1.54, 1.807) is 0 Å². The lowest BCUT2D eigenvalue weighted by Crippen LogP contribution is -2.36. The fourth-order valence-corrected chi connectivity index (χ4v) is 2.51. The van der Waals surface area contributed by atoms with E-state index in [9.17, 15) is 4.79 Å². The minimum Gasteiger partial charge on any atom is -0.468 e. The van der Waals surface area contributed by atoms with Crippen molar-refractivity contribution in [3.63, 3.8) is 0 Å². The van der Waals surface area contributed by atoms with E-state index in [4.69, 9.17) is 10.5 Å². The molecule has 0 radical (unpaired) electrons. The average molecular weight is 248 g/mol. The Kier molecular flexibility index (Phi) is 4.33. The summed E-state index contributed by atoms with van der Waals surface area (Å²) in [6.45, 7) is 2.29. The molecule has 1 heterocycles. The van der Waals surface area contributed by atoms with Crippen LogP contribution in [-0.4, -0.2) is 30.6 Å². The minimum atomic E-state index is -0.123. The van der Waals surface area contributed by atoms with Crippen molar-refractivity contribution in [1.82, 2.24) is 4.90 Å². The number of rotatable bonds is 4. The maximum absolute atomic E-state index is 11.7. The molecule has 1 fully saturated rings. The zero-order valence-corrected chi connectivity index (χ0v) is 10.8. The summed E-state index contributed by atoms with van der Waals surface area (Å²) < 4.78 is 4.85. The second-order valence-corrected chi connectivity index (χ2v) is 4.68. The van der Waals surface area contributed by atoms with Crippen LogP contribution in [0, 0.1) is 0 Å². The summed E-state index contributed by atoms with van der Waals surface area (Å²) in [6.07, 6.45) is 1.94. The van der Waals surface area contributed by atoms with Crippen LogP contribution in [0.2, 0.25) is 0 Å². The summed E-state index contributed by atoms with van der Waals surface area (Å²) in [5.41, 5.74) is 7.96. The van der Waals surface area contributed by atoms with Crippen LogP contribution in [0.1, 0.15) is 24.0 Å². The predicted octanol–water partition coefficient (Wildman–Crippen LogP) is 1.28. The number of methoxy groups -OCH3 is 1. The molecule has 0 saturated carbocycles. The summed E-state index contributed by atoms with van der Waals surface area (Å²) >= 11 is 0. The highest BCUT2D eigenvalue weighted by Gasteiger charge is 2.31. The van der Waals surface area contributed by atoms with Crippen LogP contribution in [-0.2, 0) is 22.6 Å². The highest BCUT2D eigenvalue weighted by molar-refractivity contribution is 5.75. The Hall–Kier alpha value is -1.39. The summed E-state index contributed by atoms with van der Waals surface area (Å²) in [6, 6.07) is 8.13. The van der Waals surface area contributed by atoms with Crippen LogP contribution in [0.25, 0.3) is 0 Å². The Labute approximate surface area is 108 Å². The van der Waals surface area contributed by atoms with E-state index in [2.05, 4.69) is 17.0 Å². The van der Waals surface area contributed by atoms with Crippen LogP contribution in [0.5, 0.6) is 0 Å². The topological polar surface area (TPSA) is 55.6 Å². The molecule has 1 aromatic carbocycles. The molecule has 2 rings (SSSR count). The Morgan fingerprint density at radius 2 is 2.28 bits per heavy atom. The van der Waals surface area contributed by atoms with E-state index >= 15 is 0 Å². The van der Waals surface area contributed by atoms with Gasteiger partial charge in [-0.1, -0.05) is 24.3 Å². The van der Waals surface area contributed by atoms with Gasteiger partial charge in [0.05, 0.1) is 7.11 Å². The molecule has 18 heavy (non-hydrogen) atoms. The highest BCUT2D eigenvalue weighted by Crippen LogP contribution is 2.21. The second-order valence-electron chi connectivity index (χ2n) is 4.68. The van der Waals surface area contributed by atoms with Crippen molar-refractivity contribution < 1.29 is 9.53 Å². The van der Waals surface area contributed by atoms with Gasteiger partial charge in [-0.15, -0.1) is 0 Å². The third kappa shape index (κ3) is 2.89. The molecule has 98 valence electrons. The molecular weight excluding hydrogens is 228 g/mol. The van der Waals surface area contributed by atoms with Crippen molar-refractivity contribution in [2.75, 3.05) is 13.7 Å². The monoisotopic (exact) mass is 248 g/mol. The van der Waals surface area contributed by atoms with Gasteiger partial charge in [0, 0.05) is 13.1 Å². The number of carbonyl (C=O) groups excluding carboxylic acids is 1. The molecule has 0 aliphatic carbocycles. The van der Waals surface area contributed by atoms with Gasteiger partial charge in [-0.25, -0.2) is 0 Å². The van der Waals surface area contributed by atoms with E-state index in [0.29, 0.717) is 6.54 Å². The van der Waals surface area contributed by atoms with Gasteiger partial charge in [0.1, 0.15) is 6.04 Å². The minimum absolute atomic E-state index is 0.0865. The normalized spacial score (nSPS) is 20.0. The number of carbonyl (C=O) groups is 1. The molecule has 0 amide bonds. The number of ether oxygens (including phenoxy) is 1. The predicted molar refractivity (Wildman–Crippen MR) is 69.8 cm³/mol. The first-order valence-electron chi connectivity index (χ1n) is 6.34. The van der Waals surface area contributed by atoms with Crippen LogP contribution < -0.4 is 5.73 Å². The van der Waals surface area contributed by atoms with Gasteiger partial charge in [-0.05, 0) is 30.5 Å². The SMILES string of the molecule is COC(=O)C1CCCN1Cc1cccc(CN)c1. The first-order valence-corrected chi connectivity index (χ1v) is 6.34.